The van der Waals surface area contributed by atoms with Crippen LogP contribution in [0.1, 0.15) is 20.7 Å². The molecule has 0 saturated heterocycles. The van der Waals surface area contributed by atoms with Crippen LogP contribution in [0.3, 0.4) is 0 Å². The molecular weight excluding hydrogens is 992 g/mol. The van der Waals surface area contributed by atoms with E-state index in [0.29, 0.717) is 12.1 Å². The summed E-state index contributed by atoms with van der Waals surface area (Å²) in [6.07, 6.45) is 0. The molecule has 0 aliphatic heterocycles. The van der Waals surface area contributed by atoms with Gasteiger partial charge < -0.3 is 10.6 Å². The third-order valence-electron chi connectivity index (χ3n) is 9.65. The molecule has 6 aromatic carbocycles. The number of hydrogen-bond acceptors (Lipinski definition) is 14. The van der Waals surface area contributed by atoms with E-state index in [1.165, 1.54) is 72.8 Å². The molecule has 1 aliphatic rings. The highest BCUT2D eigenvalue weighted by Crippen LogP contribution is 2.32. The fraction of sp³-hybridized carbons (Fsp3) is 0.0500. The molecule has 1 saturated carbocycles. The summed E-state index contributed by atoms with van der Waals surface area (Å²) in [5.41, 5.74) is -0.538. The molecule has 0 bridgehead atoms. The van der Waals surface area contributed by atoms with Gasteiger partial charge in [0.25, 0.3) is 52.3 Å². The van der Waals surface area contributed by atoms with Gasteiger partial charge in [0.15, 0.2) is 0 Å². The molecule has 2 amide bonds. The van der Waals surface area contributed by atoms with Crippen molar-refractivity contribution >= 4 is 143 Å². The van der Waals surface area contributed by atoms with Crippen LogP contribution in [0.25, 0.3) is 21.5 Å². The largest absolute Gasteiger partial charge is 0.322 e. The minimum atomic E-state index is -5.00. The maximum Gasteiger partial charge on any atom is 0.295 e. The zero-order valence-corrected chi connectivity index (χ0v) is 37.3. The maximum absolute atomic E-state index is 13.4. The molecule has 1 aliphatic carbocycles. The lowest BCUT2D eigenvalue weighted by Crippen LogP contribution is -2.50. The van der Waals surface area contributed by atoms with Gasteiger partial charge in [0.05, 0.1) is 21.2 Å². The number of fused-ring (bicyclic) bond motifs is 2. The van der Waals surface area contributed by atoms with E-state index in [0.717, 1.165) is 24.3 Å². The van der Waals surface area contributed by atoms with Crippen LogP contribution in [0.2, 0.25) is 0 Å². The average Bonchev–Trinajstić information content (AvgIpc) is 3.24. The molecule has 6 aromatic rings. The first-order valence-corrected chi connectivity index (χ1v) is 24.7. The molecule has 0 spiro atoms. The molecule has 2 atom stereocenters. The second-order valence-electron chi connectivity index (χ2n) is 14.1. The molecule has 66 heavy (non-hydrogen) atoms. The molecule has 2 unspecified atom stereocenters. The molecular formula is C40H26Cl2N4O16S4. The van der Waals surface area contributed by atoms with Crippen LogP contribution in [0.5, 0.6) is 0 Å². The van der Waals surface area contributed by atoms with Gasteiger partial charge in [-0.2, -0.15) is 33.7 Å². The van der Waals surface area contributed by atoms with Gasteiger partial charge in [-0.15, -0.1) is 23.2 Å². The molecule has 0 heterocycles. The number of anilines is 2. The quantitative estimate of drug-likeness (QED) is 0.0708. The Balaban J connectivity index is 1.04. The van der Waals surface area contributed by atoms with E-state index in [9.17, 15) is 71.1 Å². The highest BCUT2D eigenvalue weighted by molar-refractivity contribution is 7.87. The van der Waals surface area contributed by atoms with Crippen molar-refractivity contribution in [3.63, 3.8) is 0 Å². The lowest BCUT2D eigenvalue weighted by molar-refractivity contribution is -0.116. The van der Waals surface area contributed by atoms with Crippen LogP contribution < -0.4 is 10.6 Å². The lowest BCUT2D eigenvalue weighted by Gasteiger charge is -2.22. The minimum Gasteiger partial charge on any atom is -0.322 e. The molecule has 1 fully saturated rings. The predicted molar refractivity (Wildman–Crippen MR) is 239 cm³/mol. The number of carbonyl (C=O) groups is 4. The molecule has 340 valence electrons. The fourth-order valence-electron chi connectivity index (χ4n) is 6.52. The van der Waals surface area contributed by atoms with Crippen LogP contribution in [-0.2, 0) is 50.1 Å². The molecule has 0 aromatic heterocycles. The van der Waals surface area contributed by atoms with Crippen molar-refractivity contribution in [3.05, 3.63) is 120 Å². The zero-order valence-electron chi connectivity index (χ0n) is 32.5. The summed E-state index contributed by atoms with van der Waals surface area (Å²) in [6.45, 7) is 0. The van der Waals surface area contributed by atoms with E-state index in [1.807, 2.05) is 0 Å². The Morgan fingerprint density at radius 2 is 0.803 bits per heavy atom. The van der Waals surface area contributed by atoms with Gasteiger partial charge in [-0.1, -0.05) is 12.1 Å². The Hall–Kier alpha value is -6.32. The van der Waals surface area contributed by atoms with Gasteiger partial charge in [0.2, 0.25) is 11.6 Å². The number of carbonyl (C=O) groups excluding carboxylic acids is 4. The van der Waals surface area contributed by atoms with E-state index >= 15 is 0 Å². The van der Waals surface area contributed by atoms with Crippen LogP contribution >= 0.6 is 23.2 Å². The van der Waals surface area contributed by atoms with Gasteiger partial charge in [-0.05, 0) is 108 Å². The normalized spacial score (nSPS) is 17.4. The van der Waals surface area contributed by atoms with Gasteiger partial charge in [-0.3, -0.25) is 37.4 Å². The Morgan fingerprint density at radius 3 is 1.11 bits per heavy atom. The third kappa shape index (κ3) is 10.1. The van der Waals surface area contributed by atoms with Crippen molar-refractivity contribution in [2.24, 2.45) is 9.98 Å². The maximum atomic E-state index is 13.4. The first-order chi connectivity index (χ1) is 30.7. The number of halogens is 2. The van der Waals surface area contributed by atoms with E-state index in [4.69, 9.17) is 23.2 Å². The summed E-state index contributed by atoms with van der Waals surface area (Å²) in [6, 6.07) is 21.0. The number of rotatable bonds is 10. The van der Waals surface area contributed by atoms with Crippen molar-refractivity contribution in [1.82, 2.24) is 0 Å². The number of ketones is 2. The molecule has 6 N–H and O–H groups in total. The number of aliphatic imine (C=N–C) groups is 2. The topological polar surface area (TPSA) is 335 Å². The highest BCUT2D eigenvalue weighted by Gasteiger charge is 2.44. The zero-order chi connectivity index (χ0) is 48.3. The fourth-order valence-corrected chi connectivity index (χ4v) is 9.75. The van der Waals surface area contributed by atoms with Crippen LogP contribution in [-0.4, -0.2) is 97.4 Å². The van der Waals surface area contributed by atoms with Crippen molar-refractivity contribution in [1.29, 1.82) is 0 Å². The van der Waals surface area contributed by atoms with E-state index in [1.54, 1.807) is 0 Å². The Bertz CT molecular complexity index is 3400. The number of alkyl halides is 2. The van der Waals surface area contributed by atoms with Crippen molar-refractivity contribution in [2.75, 3.05) is 10.6 Å². The minimum absolute atomic E-state index is 0.00192. The molecule has 7 rings (SSSR count). The van der Waals surface area contributed by atoms with Gasteiger partial charge in [0.1, 0.15) is 32.0 Å². The monoisotopic (exact) mass is 1020 g/mol. The summed E-state index contributed by atoms with van der Waals surface area (Å²) in [5, 5.41) is 1.42. The van der Waals surface area contributed by atoms with Gasteiger partial charge >= 0.3 is 0 Å². The highest BCUT2D eigenvalue weighted by atomic mass is 35.5. The van der Waals surface area contributed by atoms with Crippen LogP contribution in [0.4, 0.5) is 22.7 Å². The molecule has 26 heteroatoms. The average molecular weight is 1020 g/mol. The smallest absolute Gasteiger partial charge is 0.295 e. The third-order valence-corrected chi connectivity index (χ3v) is 13.9. The second kappa shape index (κ2) is 17.5. The van der Waals surface area contributed by atoms with Crippen LogP contribution in [0, 0.1) is 0 Å². The Morgan fingerprint density at radius 1 is 0.470 bits per heavy atom. The number of nitrogens with one attached hydrogen (secondary N) is 2. The van der Waals surface area contributed by atoms with Gasteiger partial charge in [0, 0.05) is 33.3 Å². The van der Waals surface area contributed by atoms with E-state index < -0.39 is 106 Å². The van der Waals surface area contributed by atoms with Crippen molar-refractivity contribution in [2.45, 2.75) is 30.3 Å². The van der Waals surface area contributed by atoms with E-state index in [2.05, 4.69) is 20.6 Å². The SMILES string of the molecule is O=C(Nc1ccc2cc(S(=O)(=O)O)cc(S(=O)(=O)O)c2c1)c1ccc(N=C2C(=O)C(Cl)C(=Nc3ccc(C(=O)Nc4ccc5cc(S(=O)(=O)O)cc(S(=O)(=O)O)c5c4)cc3)C(=O)C2Cl)cc1. The first-order valence-electron chi connectivity index (χ1n) is 18.1. The number of hydrogen-bond donors (Lipinski definition) is 6. The number of nitrogens with zero attached hydrogens (tertiary/aromatic N) is 2. The number of benzene rings is 6. The number of amides is 2. The molecule has 20 nitrogen and oxygen atoms in total. The summed E-state index contributed by atoms with van der Waals surface area (Å²) >= 11 is 12.8. The Labute approximate surface area is 383 Å². The summed E-state index contributed by atoms with van der Waals surface area (Å²) in [7, 11) is -19.7. The molecule has 0 radical (unpaired) electrons. The first kappa shape index (κ1) is 47.6. The second-order valence-corrected chi connectivity index (χ2v) is 20.6. The van der Waals surface area contributed by atoms with E-state index in [-0.39, 0.29) is 55.4 Å². The van der Waals surface area contributed by atoms with Crippen molar-refractivity contribution < 1.29 is 71.1 Å². The van der Waals surface area contributed by atoms with Crippen molar-refractivity contribution in [3.8, 4) is 0 Å². The van der Waals surface area contributed by atoms with Crippen LogP contribution in [0.15, 0.2) is 139 Å². The number of Topliss-reactive ketones (excluding diaryl/α,β-unsaturated/α-hetero) is 2. The standard InChI is InChI=1S/C40H26Cl2N4O16S4/c41-33-35(43-23-7-1-19(2-8-23)39(49)45-25-11-5-21-13-27(63(51,52)53)17-31(29(21)15-25)65(57,58)59)37(47)34(42)36(38(33)48)44-24-9-3-20(4-10-24)40(50)46-26-12-6-22-14-28(64(54,55)56)18-32(30(22)16-26)66(60,61)62/h1-18,33-34H,(H,45,49)(H,46,50)(H,51,52,53)(H,54,55,56)(H,57,58,59)(H,60,61,62). The Kier molecular flexibility index (Phi) is 12.6. The summed E-state index contributed by atoms with van der Waals surface area (Å²) in [4.78, 5) is 58.0. The van der Waals surface area contributed by atoms with Gasteiger partial charge in [-0.25, -0.2) is 9.98 Å². The predicted octanol–water partition coefficient (Wildman–Crippen LogP) is 5.70. The lowest BCUT2D eigenvalue weighted by atomic mass is 9.92. The summed E-state index contributed by atoms with van der Waals surface area (Å²) in [5.74, 6) is -3.15. The summed E-state index contributed by atoms with van der Waals surface area (Å²) < 4.78 is 133.